The summed E-state index contributed by atoms with van der Waals surface area (Å²) in [5.41, 5.74) is 1.04. The number of allylic oxidation sites excluding steroid dienone is 1. The van der Waals surface area contributed by atoms with Gasteiger partial charge in [0, 0.05) is 17.2 Å². The largest absolute Gasteiger partial charge is 0.496 e. The van der Waals surface area contributed by atoms with Crippen molar-refractivity contribution in [3.8, 4) is 11.8 Å². The van der Waals surface area contributed by atoms with Crippen molar-refractivity contribution in [3.63, 3.8) is 0 Å². The first-order valence-electron chi connectivity index (χ1n) is 9.84. The van der Waals surface area contributed by atoms with Gasteiger partial charge in [0.05, 0.1) is 46.7 Å². The fraction of sp³-hybridized carbons (Fsp3) is 0.217. The average molecular weight is 520 g/mol. The van der Waals surface area contributed by atoms with Crippen molar-refractivity contribution in [3.05, 3.63) is 68.7 Å². The van der Waals surface area contributed by atoms with Crippen LogP contribution in [0, 0.1) is 17.2 Å². The number of esters is 1. The number of nitriles is 1. The summed E-state index contributed by atoms with van der Waals surface area (Å²) in [4.78, 5) is 37.9. The van der Waals surface area contributed by atoms with Gasteiger partial charge < -0.3 is 20.1 Å². The summed E-state index contributed by atoms with van der Waals surface area (Å²) < 4.78 is 10.2. The molecule has 0 radical (unpaired) electrons. The fourth-order valence-electron chi connectivity index (χ4n) is 3.49. The normalized spacial score (nSPS) is 17.4. The maximum absolute atomic E-state index is 12.9. The zero-order valence-electron chi connectivity index (χ0n) is 18.1. The van der Waals surface area contributed by atoms with Crippen LogP contribution in [-0.2, 0) is 19.1 Å². The molecular weight excluding hydrogens is 501 g/mol. The fourth-order valence-corrected chi connectivity index (χ4v) is 4.63. The van der Waals surface area contributed by atoms with E-state index in [9.17, 15) is 19.6 Å². The lowest BCUT2D eigenvalue weighted by molar-refractivity contribution is -0.150. The van der Waals surface area contributed by atoms with E-state index in [2.05, 4.69) is 16.7 Å². The zero-order valence-corrected chi connectivity index (χ0v) is 20.4. The van der Waals surface area contributed by atoms with E-state index in [1.807, 2.05) is 0 Å². The molecule has 0 bridgehead atoms. The number of thioether (sulfide) groups is 1. The van der Waals surface area contributed by atoms with Crippen LogP contribution in [0.5, 0.6) is 5.75 Å². The number of para-hydroxylation sites is 1. The van der Waals surface area contributed by atoms with Crippen molar-refractivity contribution in [1.82, 2.24) is 5.32 Å². The molecular formula is C23H19Cl2N3O5S. The summed E-state index contributed by atoms with van der Waals surface area (Å²) in [7, 11) is 2.62. The van der Waals surface area contributed by atoms with Gasteiger partial charge in [0.15, 0.2) is 0 Å². The second-order valence-corrected chi connectivity index (χ2v) is 8.83. The standard InChI is InChI=1S/C23H19Cl2N3O5S/c1-32-17-6-4-3-5-13(17)19-14(10-26)22(28-21(30)20(19)23(31)33-2)34-11-18(29)27-12-7-8-15(24)16(25)9-12/h3-9,19-20H,11H2,1-2H3,(H,27,29)(H,28,30). The van der Waals surface area contributed by atoms with Crippen molar-refractivity contribution < 1.29 is 23.9 Å². The summed E-state index contributed by atoms with van der Waals surface area (Å²) in [5, 5.41) is 16.0. The van der Waals surface area contributed by atoms with Gasteiger partial charge in [-0.05, 0) is 24.3 Å². The Morgan fingerprint density at radius 2 is 1.91 bits per heavy atom. The lowest BCUT2D eigenvalue weighted by Gasteiger charge is -2.31. The van der Waals surface area contributed by atoms with Crippen LogP contribution < -0.4 is 15.4 Å². The van der Waals surface area contributed by atoms with Crippen molar-refractivity contribution in [2.75, 3.05) is 25.3 Å². The summed E-state index contributed by atoms with van der Waals surface area (Å²) in [6.45, 7) is 0. The third kappa shape index (κ3) is 5.47. The van der Waals surface area contributed by atoms with Gasteiger partial charge in [-0.25, -0.2) is 0 Å². The van der Waals surface area contributed by atoms with Crippen LogP contribution in [0.25, 0.3) is 0 Å². The van der Waals surface area contributed by atoms with Gasteiger partial charge in [-0.2, -0.15) is 5.26 Å². The third-order valence-electron chi connectivity index (χ3n) is 5.01. The smallest absolute Gasteiger partial charge is 0.319 e. The molecule has 1 heterocycles. The highest BCUT2D eigenvalue weighted by atomic mass is 35.5. The van der Waals surface area contributed by atoms with Gasteiger partial charge in [-0.3, -0.25) is 14.4 Å². The van der Waals surface area contributed by atoms with Gasteiger partial charge in [-0.1, -0.05) is 53.2 Å². The molecule has 0 aromatic heterocycles. The quantitative estimate of drug-likeness (QED) is 0.417. The number of nitrogens with one attached hydrogen (secondary N) is 2. The van der Waals surface area contributed by atoms with Crippen LogP contribution in [-0.4, -0.2) is 37.8 Å². The van der Waals surface area contributed by atoms with Crippen molar-refractivity contribution in [2.24, 2.45) is 5.92 Å². The molecule has 0 fully saturated rings. The van der Waals surface area contributed by atoms with E-state index in [0.717, 1.165) is 11.8 Å². The van der Waals surface area contributed by atoms with Crippen LogP contribution in [0.1, 0.15) is 11.5 Å². The number of nitrogens with zero attached hydrogens (tertiary/aromatic N) is 1. The van der Waals surface area contributed by atoms with Gasteiger partial charge in [-0.15, -0.1) is 0 Å². The first-order chi connectivity index (χ1) is 16.3. The maximum atomic E-state index is 12.9. The molecule has 2 N–H and O–H groups in total. The topological polar surface area (TPSA) is 118 Å². The van der Waals surface area contributed by atoms with Gasteiger partial charge in [0.25, 0.3) is 0 Å². The number of rotatable bonds is 7. The van der Waals surface area contributed by atoms with Crippen LogP contribution in [0.3, 0.4) is 0 Å². The van der Waals surface area contributed by atoms with Crippen molar-refractivity contribution >= 4 is 58.4 Å². The Balaban J connectivity index is 1.92. The number of amides is 2. The van der Waals surface area contributed by atoms with E-state index in [0.29, 0.717) is 22.0 Å². The number of anilines is 1. The Bertz CT molecular complexity index is 1210. The molecule has 2 atom stereocenters. The first kappa shape index (κ1) is 25.4. The number of hydrogen-bond acceptors (Lipinski definition) is 7. The molecule has 11 heteroatoms. The highest BCUT2D eigenvalue weighted by Gasteiger charge is 2.45. The molecule has 3 rings (SSSR count). The number of methoxy groups -OCH3 is 2. The van der Waals surface area contributed by atoms with Gasteiger partial charge in [0.2, 0.25) is 11.8 Å². The summed E-state index contributed by atoms with van der Waals surface area (Å²) >= 11 is 12.8. The summed E-state index contributed by atoms with van der Waals surface area (Å²) in [6, 6.07) is 13.5. The van der Waals surface area contributed by atoms with Gasteiger partial charge in [0.1, 0.15) is 11.7 Å². The number of halogens is 2. The molecule has 0 saturated heterocycles. The molecule has 2 aromatic rings. The number of carbonyl (C=O) groups excluding carboxylic acids is 3. The minimum absolute atomic E-state index is 0.117. The van der Waals surface area contributed by atoms with Crippen molar-refractivity contribution in [1.29, 1.82) is 5.26 Å². The minimum Gasteiger partial charge on any atom is -0.496 e. The lowest BCUT2D eigenvalue weighted by Crippen LogP contribution is -2.44. The highest BCUT2D eigenvalue weighted by Crippen LogP contribution is 2.43. The average Bonchev–Trinajstić information content (AvgIpc) is 2.84. The summed E-state index contributed by atoms with van der Waals surface area (Å²) in [5.74, 6) is -3.80. The molecule has 0 aliphatic carbocycles. The van der Waals surface area contributed by atoms with E-state index >= 15 is 0 Å². The van der Waals surface area contributed by atoms with Gasteiger partial charge >= 0.3 is 5.97 Å². The monoisotopic (exact) mass is 519 g/mol. The lowest BCUT2D eigenvalue weighted by atomic mass is 9.78. The SMILES string of the molecule is COC(=O)C1C(=O)NC(SCC(=O)Nc2ccc(Cl)c(Cl)c2)=C(C#N)C1c1ccccc1OC. The minimum atomic E-state index is -1.30. The number of ether oxygens (including phenoxy) is 2. The molecule has 1 aliphatic rings. The van der Waals surface area contributed by atoms with E-state index in [1.165, 1.54) is 20.3 Å². The molecule has 34 heavy (non-hydrogen) atoms. The number of carbonyl (C=O) groups is 3. The van der Waals surface area contributed by atoms with E-state index in [1.54, 1.807) is 36.4 Å². The number of benzene rings is 2. The zero-order chi connectivity index (χ0) is 24.8. The van der Waals surface area contributed by atoms with E-state index in [4.69, 9.17) is 32.7 Å². The summed E-state index contributed by atoms with van der Waals surface area (Å²) in [6.07, 6.45) is 0. The number of hydrogen-bond donors (Lipinski definition) is 2. The molecule has 0 saturated carbocycles. The second-order valence-electron chi connectivity index (χ2n) is 7.03. The van der Waals surface area contributed by atoms with E-state index < -0.39 is 29.6 Å². The third-order valence-corrected chi connectivity index (χ3v) is 6.76. The maximum Gasteiger partial charge on any atom is 0.319 e. The molecule has 2 aromatic carbocycles. The molecule has 2 unspecified atom stereocenters. The highest BCUT2D eigenvalue weighted by molar-refractivity contribution is 8.03. The van der Waals surface area contributed by atoms with Crippen LogP contribution in [0.4, 0.5) is 5.69 Å². The van der Waals surface area contributed by atoms with Crippen LogP contribution in [0.15, 0.2) is 53.1 Å². The van der Waals surface area contributed by atoms with Crippen molar-refractivity contribution in [2.45, 2.75) is 5.92 Å². The Labute approximate surface area is 210 Å². The molecule has 8 nitrogen and oxygen atoms in total. The Morgan fingerprint density at radius 1 is 1.18 bits per heavy atom. The predicted molar refractivity (Wildman–Crippen MR) is 130 cm³/mol. The first-order valence-corrected chi connectivity index (χ1v) is 11.6. The van der Waals surface area contributed by atoms with Crippen LogP contribution in [0.2, 0.25) is 10.0 Å². The van der Waals surface area contributed by atoms with Crippen LogP contribution >= 0.6 is 35.0 Å². The second kappa shape index (κ2) is 11.3. The Hall–Kier alpha value is -3.19. The molecule has 1 aliphatic heterocycles. The Kier molecular flexibility index (Phi) is 8.45. The Morgan fingerprint density at radius 3 is 2.56 bits per heavy atom. The molecule has 2 amide bonds. The predicted octanol–water partition coefficient (Wildman–Crippen LogP) is 4.11. The molecule has 0 spiro atoms. The molecule has 176 valence electrons. The van der Waals surface area contributed by atoms with E-state index in [-0.39, 0.29) is 21.4 Å².